The highest BCUT2D eigenvalue weighted by molar-refractivity contribution is 7.99. The van der Waals surface area contributed by atoms with Crippen molar-refractivity contribution < 1.29 is 14.3 Å². The van der Waals surface area contributed by atoms with Crippen molar-refractivity contribution >= 4 is 29.0 Å². The summed E-state index contributed by atoms with van der Waals surface area (Å²) in [7, 11) is 3.29. The van der Waals surface area contributed by atoms with E-state index in [9.17, 15) is 4.79 Å². The Labute approximate surface area is 183 Å². The second-order valence-corrected chi connectivity index (χ2v) is 8.81. The lowest BCUT2D eigenvalue weighted by atomic mass is 10.0. The van der Waals surface area contributed by atoms with Crippen LogP contribution in [-0.2, 0) is 11.3 Å². The van der Waals surface area contributed by atoms with Crippen LogP contribution >= 0.6 is 23.1 Å². The van der Waals surface area contributed by atoms with Crippen LogP contribution in [0, 0.1) is 0 Å². The number of hydrogen-bond acceptors (Lipinski definition) is 8. The van der Waals surface area contributed by atoms with Crippen LogP contribution in [0.4, 0.5) is 0 Å². The minimum Gasteiger partial charge on any atom is -0.497 e. The van der Waals surface area contributed by atoms with Crippen LogP contribution < -0.4 is 9.47 Å². The first kappa shape index (κ1) is 20.7. The van der Waals surface area contributed by atoms with Gasteiger partial charge in [0.05, 0.1) is 32.6 Å². The van der Waals surface area contributed by atoms with Crippen molar-refractivity contribution in [2.24, 2.45) is 0 Å². The maximum absolute atomic E-state index is 13.1. The number of benzene rings is 1. The lowest BCUT2D eigenvalue weighted by Crippen LogP contribution is -2.32. The molecule has 1 amide bonds. The molecule has 1 fully saturated rings. The van der Waals surface area contributed by atoms with E-state index in [-0.39, 0.29) is 17.7 Å². The lowest BCUT2D eigenvalue weighted by Gasteiger charge is -2.26. The molecule has 1 aliphatic heterocycles. The number of amides is 1. The minimum absolute atomic E-state index is 0.0229. The summed E-state index contributed by atoms with van der Waals surface area (Å²) in [6, 6.07) is 9.74. The van der Waals surface area contributed by atoms with Crippen LogP contribution in [0.2, 0.25) is 0 Å². The van der Waals surface area contributed by atoms with Crippen LogP contribution in [0.15, 0.2) is 40.9 Å². The van der Waals surface area contributed by atoms with Crippen LogP contribution in [0.5, 0.6) is 11.5 Å². The van der Waals surface area contributed by atoms with Crippen LogP contribution in [0.1, 0.15) is 29.3 Å². The molecule has 0 spiro atoms. The zero-order chi connectivity index (χ0) is 20.9. The Hall–Kier alpha value is -2.59. The van der Waals surface area contributed by atoms with E-state index in [1.165, 1.54) is 16.6 Å². The molecule has 8 nitrogen and oxygen atoms in total. The summed E-state index contributed by atoms with van der Waals surface area (Å²) in [5.74, 6) is 1.88. The van der Waals surface area contributed by atoms with E-state index >= 15 is 0 Å². The number of thiophene rings is 1. The third-order valence-corrected chi connectivity index (χ3v) is 6.88. The van der Waals surface area contributed by atoms with Gasteiger partial charge in [-0.25, -0.2) is 4.68 Å². The SMILES string of the molecule is COc1ccc(OC)c([C@@H]2CCCN2C(=O)CSc2nnnn2Cc2cccs2)c1. The molecular weight excluding hydrogens is 422 g/mol. The zero-order valence-corrected chi connectivity index (χ0v) is 18.5. The molecule has 1 aliphatic rings. The van der Waals surface area contributed by atoms with Crippen molar-refractivity contribution in [1.82, 2.24) is 25.1 Å². The van der Waals surface area contributed by atoms with Gasteiger partial charge in [-0.2, -0.15) is 0 Å². The molecule has 10 heteroatoms. The summed E-state index contributed by atoms with van der Waals surface area (Å²) in [5, 5.41) is 14.6. The van der Waals surface area contributed by atoms with E-state index in [1.807, 2.05) is 40.6 Å². The zero-order valence-electron chi connectivity index (χ0n) is 16.9. The van der Waals surface area contributed by atoms with Crippen LogP contribution in [0.25, 0.3) is 0 Å². The number of carbonyl (C=O) groups excluding carboxylic acids is 1. The third-order valence-electron chi connectivity index (χ3n) is 5.08. The first-order valence-electron chi connectivity index (χ1n) is 9.62. The smallest absolute Gasteiger partial charge is 0.233 e. The Balaban J connectivity index is 1.45. The topological polar surface area (TPSA) is 82.4 Å². The summed E-state index contributed by atoms with van der Waals surface area (Å²) in [5.41, 5.74) is 0.982. The molecule has 3 heterocycles. The van der Waals surface area contributed by atoms with Gasteiger partial charge in [-0.3, -0.25) is 4.79 Å². The number of tetrazole rings is 1. The molecule has 1 atom stereocenters. The molecule has 1 aromatic carbocycles. The highest BCUT2D eigenvalue weighted by Crippen LogP contribution is 2.39. The Kier molecular flexibility index (Phi) is 6.53. The predicted octanol–water partition coefficient (Wildman–Crippen LogP) is 3.26. The number of carbonyl (C=O) groups is 1. The fraction of sp³-hybridized carbons (Fsp3) is 0.400. The average Bonchev–Trinajstić information content (AvgIpc) is 3.54. The predicted molar refractivity (Wildman–Crippen MR) is 115 cm³/mol. The number of likely N-dealkylation sites (tertiary alicyclic amines) is 1. The van der Waals surface area contributed by atoms with E-state index in [1.54, 1.807) is 30.2 Å². The minimum atomic E-state index is -0.0229. The van der Waals surface area contributed by atoms with Gasteiger partial charge in [0.1, 0.15) is 11.5 Å². The third kappa shape index (κ3) is 4.44. The lowest BCUT2D eigenvalue weighted by molar-refractivity contribution is -0.129. The molecule has 158 valence electrons. The van der Waals surface area contributed by atoms with Crippen LogP contribution in [-0.4, -0.2) is 57.5 Å². The molecule has 0 radical (unpaired) electrons. The summed E-state index contributed by atoms with van der Waals surface area (Å²) >= 11 is 3.03. The monoisotopic (exact) mass is 445 g/mol. The van der Waals surface area contributed by atoms with Crippen molar-refractivity contribution in [3.63, 3.8) is 0 Å². The Morgan fingerprint density at radius 2 is 2.20 bits per heavy atom. The van der Waals surface area contributed by atoms with E-state index in [0.717, 1.165) is 36.4 Å². The highest BCUT2D eigenvalue weighted by atomic mass is 32.2. The summed E-state index contributed by atoms with van der Waals surface area (Å²) < 4.78 is 12.6. The molecule has 4 rings (SSSR count). The van der Waals surface area contributed by atoms with Crippen LogP contribution in [0.3, 0.4) is 0 Å². The number of nitrogens with zero attached hydrogens (tertiary/aromatic N) is 5. The van der Waals surface area contributed by atoms with E-state index in [2.05, 4.69) is 15.5 Å². The molecule has 0 N–H and O–H groups in total. The van der Waals surface area contributed by atoms with Gasteiger partial charge in [-0.15, -0.1) is 16.4 Å². The van der Waals surface area contributed by atoms with Gasteiger partial charge in [0.15, 0.2) is 0 Å². The Bertz CT molecular complexity index is 992. The van der Waals surface area contributed by atoms with Crippen molar-refractivity contribution in [3.8, 4) is 11.5 Å². The van der Waals surface area contributed by atoms with E-state index in [0.29, 0.717) is 11.7 Å². The number of hydrogen-bond donors (Lipinski definition) is 0. The number of methoxy groups -OCH3 is 2. The van der Waals surface area contributed by atoms with Gasteiger partial charge in [0.2, 0.25) is 11.1 Å². The molecule has 1 saturated heterocycles. The number of aromatic nitrogens is 4. The Morgan fingerprint density at radius 1 is 1.30 bits per heavy atom. The average molecular weight is 446 g/mol. The first-order chi connectivity index (χ1) is 14.7. The summed E-state index contributed by atoms with van der Waals surface area (Å²) in [4.78, 5) is 16.2. The fourth-order valence-corrected chi connectivity index (χ4v) is 5.10. The molecule has 0 aliphatic carbocycles. The highest BCUT2D eigenvalue weighted by Gasteiger charge is 2.32. The maximum atomic E-state index is 13.1. The van der Waals surface area contributed by atoms with Gasteiger partial charge in [-0.1, -0.05) is 17.8 Å². The molecular formula is C20H23N5O3S2. The first-order valence-corrected chi connectivity index (χ1v) is 11.5. The molecule has 0 saturated carbocycles. The molecule has 3 aromatic rings. The molecule has 0 unspecified atom stereocenters. The number of ether oxygens (including phenoxy) is 2. The van der Waals surface area contributed by atoms with Gasteiger partial charge < -0.3 is 14.4 Å². The van der Waals surface area contributed by atoms with Crippen molar-refractivity contribution in [2.45, 2.75) is 30.6 Å². The quantitative estimate of drug-likeness (QED) is 0.492. The second-order valence-electron chi connectivity index (χ2n) is 6.84. The second kappa shape index (κ2) is 9.48. The van der Waals surface area contributed by atoms with E-state index < -0.39 is 0 Å². The van der Waals surface area contributed by atoms with Crippen molar-refractivity contribution in [3.05, 3.63) is 46.2 Å². The molecule has 0 bridgehead atoms. The standard InChI is InChI=1S/C20H23N5O3S2/c1-27-14-7-8-18(28-2)16(11-14)17-6-3-9-24(17)19(26)13-30-20-21-22-23-25(20)12-15-5-4-10-29-15/h4-5,7-8,10-11,17H,3,6,9,12-13H2,1-2H3/t17-/m0/s1. The van der Waals surface area contributed by atoms with Gasteiger partial charge in [0.25, 0.3) is 0 Å². The summed E-state index contributed by atoms with van der Waals surface area (Å²) in [6.45, 7) is 1.33. The molecule has 30 heavy (non-hydrogen) atoms. The molecule has 2 aromatic heterocycles. The number of rotatable bonds is 8. The largest absolute Gasteiger partial charge is 0.497 e. The normalized spacial score (nSPS) is 16.1. The summed E-state index contributed by atoms with van der Waals surface area (Å²) in [6.07, 6.45) is 1.85. The van der Waals surface area contributed by atoms with E-state index in [4.69, 9.17) is 9.47 Å². The van der Waals surface area contributed by atoms with Gasteiger partial charge in [-0.05, 0) is 52.9 Å². The maximum Gasteiger partial charge on any atom is 0.233 e. The van der Waals surface area contributed by atoms with Crippen molar-refractivity contribution in [2.75, 3.05) is 26.5 Å². The van der Waals surface area contributed by atoms with Gasteiger partial charge >= 0.3 is 0 Å². The van der Waals surface area contributed by atoms with Gasteiger partial charge in [0, 0.05) is 17.0 Å². The fourth-order valence-electron chi connectivity index (χ4n) is 3.65. The number of thioether (sulfide) groups is 1. The Morgan fingerprint density at radius 3 is 2.97 bits per heavy atom. The van der Waals surface area contributed by atoms with Crippen molar-refractivity contribution in [1.29, 1.82) is 0 Å².